The summed E-state index contributed by atoms with van der Waals surface area (Å²) in [5, 5.41) is 21.4. The Kier molecular flexibility index (Phi) is 5.57. The molecule has 0 bridgehead atoms. The molecular formula is C20H14ClFN2O6. The molecule has 10 heteroatoms. The van der Waals surface area contributed by atoms with Gasteiger partial charge in [-0.1, -0.05) is 23.7 Å². The van der Waals surface area contributed by atoms with Crippen LogP contribution in [0.3, 0.4) is 0 Å². The fourth-order valence-corrected chi connectivity index (χ4v) is 3.38. The minimum atomic E-state index is -2.17. The highest BCUT2D eigenvalue weighted by molar-refractivity contribution is 6.30. The molecule has 2 aromatic rings. The van der Waals surface area contributed by atoms with Crippen LogP contribution in [0, 0.1) is 5.82 Å². The number of aliphatic carboxylic acids is 2. The van der Waals surface area contributed by atoms with Crippen molar-refractivity contribution >= 4 is 40.9 Å². The molecule has 0 spiro atoms. The van der Waals surface area contributed by atoms with E-state index < -0.39 is 29.4 Å². The van der Waals surface area contributed by atoms with Crippen LogP contribution >= 0.6 is 11.6 Å². The zero-order valence-electron chi connectivity index (χ0n) is 15.3. The average molecular weight is 433 g/mol. The first-order valence-corrected chi connectivity index (χ1v) is 8.76. The first kappa shape index (κ1) is 21.0. The van der Waals surface area contributed by atoms with Crippen molar-refractivity contribution in [2.24, 2.45) is 4.99 Å². The number of carboxylic acid groups (broad SMARTS) is 2. The Bertz CT molecular complexity index is 1230. The fraction of sp³-hybridized carbons (Fsp3) is 0.100. The van der Waals surface area contributed by atoms with Gasteiger partial charge in [0.15, 0.2) is 5.82 Å². The van der Waals surface area contributed by atoms with E-state index in [-0.39, 0.29) is 32.4 Å². The van der Waals surface area contributed by atoms with Crippen LogP contribution in [0.5, 0.6) is 0 Å². The maximum Gasteiger partial charge on any atom is 0.411 e. The van der Waals surface area contributed by atoms with Gasteiger partial charge in [0.2, 0.25) is 5.54 Å². The molecule has 0 saturated carbocycles. The molecule has 154 valence electrons. The number of benzene rings is 2. The summed E-state index contributed by atoms with van der Waals surface area (Å²) in [6.45, 7) is 0. The molecule has 1 heterocycles. The number of carbonyl (C=O) groups is 3. The molecule has 1 aliphatic rings. The zero-order valence-corrected chi connectivity index (χ0v) is 16.1. The molecule has 3 N–H and O–H groups in total. The summed E-state index contributed by atoms with van der Waals surface area (Å²) in [5.74, 6) is -3.67. The molecule has 0 fully saturated rings. The minimum Gasteiger partial charge on any atom is -0.479 e. The van der Waals surface area contributed by atoms with E-state index in [4.69, 9.17) is 16.7 Å². The van der Waals surface area contributed by atoms with Crippen molar-refractivity contribution in [1.82, 2.24) is 0 Å². The summed E-state index contributed by atoms with van der Waals surface area (Å²) in [5.41, 5.74) is -2.01. The van der Waals surface area contributed by atoms with Gasteiger partial charge >= 0.3 is 18.0 Å². The number of anilines is 1. The highest BCUT2D eigenvalue weighted by atomic mass is 35.5. The van der Waals surface area contributed by atoms with Crippen molar-refractivity contribution in [3.63, 3.8) is 0 Å². The molecule has 3 rings (SSSR count). The Morgan fingerprint density at radius 3 is 2.60 bits per heavy atom. The molecule has 30 heavy (non-hydrogen) atoms. The number of amides is 1. The minimum absolute atomic E-state index is 0.00928. The number of nitrogens with zero attached hydrogens (tertiary/aromatic N) is 1. The van der Waals surface area contributed by atoms with Crippen LogP contribution in [0.25, 0.3) is 5.57 Å². The monoisotopic (exact) mass is 432 g/mol. The maximum atomic E-state index is 14.5. The summed E-state index contributed by atoms with van der Waals surface area (Å²) in [6.07, 6.45) is 0.991. The van der Waals surface area contributed by atoms with Crippen molar-refractivity contribution in [2.45, 2.75) is 5.54 Å². The van der Waals surface area contributed by atoms with Gasteiger partial charge in [0.25, 0.3) is 0 Å². The van der Waals surface area contributed by atoms with Crippen molar-refractivity contribution in [3.05, 3.63) is 75.5 Å². The van der Waals surface area contributed by atoms with Crippen LogP contribution in [0.1, 0.15) is 5.56 Å². The lowest BCUT2D eigenvalue weighted by molar-refractivity contribution is -0.141. The van der Waals surface area contributed by atoms with Crippen LogP contribution < -0.4 is 15.9 Å². The Balaban J connectivity index is 2.35. The molecule has 1 aliphatic heterocycles. The van der Waals surface area contributed by atoms with Crippen LogP contribution in [0.2, 0.25) is 5.02 Å². The molecule has 1 atom stereocenters. The third-order valence-corrected chi connectivity index (χ3v) is 4.62. The predicted octanol–water partition coefficient (Wildman–Crippen LogP) is 2.06. The largest absolute Gasteiger partial charge is 0.479 e. The summed E-state index contributed by atoms with van der Waals surface area (Å²) in [7, 11) is 1.16. The number of carbonyl (C=O) groups excluding carboxylic acids is 1. The van der Waals surface area contributed by atoms with Crippen LogP contribution in [0.4, 0.5) is 14.9 Å². The standard InChI is InChI=1S/C20H14ClFN2O6/c1-30-19(29)23-12-4-2-3-10(7-12)20(18(27)28)14(5-6-16(25)26)13-8-11(21)9-15(22)17(13)24-20/h2-9H,1H3,(H,23,29)(H,25,26)(H,27,28). The summed E-state index contributed by atoms with van der Waals surface area (Å²) in [6, 6.07) is 7.99. The normalized spacial score (nSPS) is 17.4. The average Bonchev–Trinajstić information content (AvgIpc) is 3.02. The number of ether oxygens (including phenoxy) is 1. The van der Waals surface area contributed by atoms with Gasteiger partial charge in [-0.15, -0.1) is 0 Å². The highest BCUT2D eigenvalue weighted by Gasteiger charge is 2.46. The number of fused-ring (bicyclic) bond motifs is 1. The second kappa shape index (κ2) is 7.96. The van der Waals surface area contributed by atoms with Gasteiger partial charge in [-0.2, -0.15) is 0 Å². The zero-order chi connectivity index (χ0) is 22.1. The van der Waals surface area contributed by atoms with E-state index in [1.54, 1.807) is 0 Å². The van der Waals surface area contributed by atoms with E-state index in [2.05, 4.69) is 15.0 Å². The smallest absolute Gasteiger partial charge is 0.411 e. The third kappa shape index (κ3) is 3.62. The Labute approximate surface area is 173 Å². The summed E-state index contributed by atoms with van der Waals surface area (Å²) < 4.78 is 19.1. The van der Waals surface area contributed by atoms with Crippen LogP contribution in [-0.2, 0) is 19.9 Å². The van der Waals surface area contributed by atoms with Crippen LogP contribution in [-0.4, -0.2) is 35.4 Å². The predicted molar refractivity (Wildman–Crippen MR) is 104 cm³/mol. The number of hydrogen-bond acceptors (Lipinski definition) is 5. The molecule has 1 amide bonds. The molecule has 1 unspecified atom stereocenters. The third-order valence-electron chi connectivity index (χ3n) is 4.40. The molecule has 0 saturated heterocycles. The fourth-order valence-electron chi connectivity index (χ4n) is 3.17. The van der Waals surface area contributed by atoms with E-state index in [0.29, 0.717) is 0 Å². The van der Waals surface area contributed by atoms with Gasteiger partial charge in [0.1, 0.15) is 5.36 Å². The molecule has 0 radical (unpaired) electrons. The molecular weight excluding hydrogens is 419 g/mol. The number of methoxy groups -OCH3 is 1. The Morgan fingerprint density at radius 2 is 1.97 bits per heavy atom. The van der Waals surface area contributed by atoms with Crippen molar-refractivity contribution in [3.8, 4) is 0 Å². The number of rotatable bonds is 5. The van der Waals surface area contributed by atoms with Crippen molar-refractivity contribution in [1.29, 1.82) is 0 Å². The first-order chi connectivity index (χ1) is 14.2. The Hall–Kier alpha value is -3.72. The van der Waals surface area contributed by atoms with Gasteiger partial charge < -0.3 is 14.9 Å². The number of nitrogens with one attached hydrogen (secondary N) is 1. The van der Waals surface area contributed by atoms with Gasteiger partial charge in [-0.3, -0.25) is 10.3 Å². The molecule has 2 aromatic carbocycles. The lowest BCUT2D eigenvalue weighted by atomic mass is 9.82. The van der Waals surface area contributed by atoms with Gasteiger partial charge in [-0.25, -0.2) is 18.8 Å². The molecule has 0 aliphatic carbocycles. The van der Waals surface area contributed by atoms with Gasteiger partial charge in [0.05, 0.1) is 7.11 Å². The number of hydrogen-bond donors (Lipinski definition) is 3. The summed E-state index contributed by atoms with van der Waals surface area (Å²) in [4.78, 5) is 39.2. The summed E-state index contributed by atoms with van der Waals surface area (Å²) >= 11 is 5.93. The van der Waals surface area contributed by atoms with Crippen molar-refractivity contribution in [2.75, 3.05) is 12.4 Å². The van der Waals surface area contributed by atoms with Gasteiger partial charge in [0, 0.05) is 27.6 Å². The second-order valence-corrected chi connectivity index (χ2v) is 6.63. The van der Waals surface area contributed by atoms with Crippen molar-refractivity contribution < 1.29 is 33.7 Å². The van der Waals surface area contributed by atoms with E-state index in [0.717, 1.165) is 25.3 Å². The van der Waals surface area contributed by atoms with E-state index in [9.17, 15) is 23.9 Å². The number of carboxylic acids is 2. The maximum absolute atomic E-state index is 14.5. The lowest BCUT2D eigenvalue weighted by Crippen LogP contribution is -2.34. The highest BCUT2D eigenvalue weighted by Crippen LogP contribution is 2.38. The molecule has 8 nitrogen and oxygen atoms in total. The second-order valence-electron chi connectivity index (χ2n) is 6.19. The quantitative estimate of drug-likeness (QED) is 0.621. The number of halogens is 2. The Morgan fingerprint density at radius 1 is 1.23 bits per heavy atom. The topological polar surface area (TPSA) is 125 Å². The molecule has 0 aromatic heterocycles. The van der Waals surface area contributed by atoms with E-state index in [1.807, 2.05) is 0 Å². The van der Waals surface area contributed by atoms with Crippen LogP contribution in [0.15, 0.2) is 53.5 Å². The first-order valence-electron chi connectivity index (χ1n) is 8.38. The van der Waals surface area contributed by atoms with Gasteiger partial charge in [-0.05, 0) is 35.9 Å². The van der Waals surface area contributed by atoms with E-state index >= 15 is 0 Å². The van der Waals surface area contributed by atoms with E-state index in [1.165, 1.54) is 30.3 Å². The SMILES string of the molecule is COC(=O)Nc1cccc(C2(C(=O)O)N=c3c(F)cc(Cl)cc3=C2C=CC(=O)O)c1. The lowest BCUT2D eigenvalue weighted by Gasteiger charge is -2.25.